The van der Waals surface area contributed by atoms with Crippen molar-refractivity contribution in [1.29, 1.82) is 0 Å². The van der Waals surface area contributed by atoms with E-state index >= 15 is 0 Å². The molecule has 0 radical (unpaired) electrons. The lowest BCUT2D eigenvalue weighted by atomic mass is 10.5. The van der Waals surface area contributed by atoms with Crippen LogP contribution in [0.25, 0.3) is 0 Å². The largest absolute Gasteiger partial charge is 0.481 e. The highest BCUT2D eigenvalue weighted by Gasteiger charge is 2.23. The molecule has 1 amide bonds. The summed E-state index contributed by atoms with van der Waals surface area (Å²) in [6.45, 7) is 0. The summed E-state index contributed by atoms with van der Waals surface area (Å²) in [5.41, 5.74) is 0. The summed E-state index contributed by atoms with van der Waals surface area (Å²) >= 11 is 0. The lowest BCUT2D eigenvalue weighted by Crippen LogP contribution is -2.30. The van der Waals surface area contributed by atoms with E-state index in [1.807, 2.05) is 0 Å². The molecule has 0 aromatic rings. The van der Waals surface area contributed by atoms with Crippen LogP contribution in [0.3, 0.4) is 0 Å². The third-order valence-corrected chi connectivity index (χ3v) is 3.02. The number of carboxylic acids is 1. The van der Waals surface area contributed by atoms with E-state index < -0.39 is 16.8 Å². The van der Waals surface area contributed by atoms with Crippen molar-refractivity contribution in [2.45, 2.75) is 25.3 Å². The van der Waals surface area contributed by atoms with Crippen LogP contribution in [-0.4, -0.2) is 38.7 Å². The molecular weight excluding hydrogens is 206 g/mol. The zero-order valence-electron chi connectivity index (χ0n) is 7.69. The molecule has 1 saturated carbocycles. The van der Waals surface area contributed by atoms with Crippen LogP contribution in [0.1, 0.15) is 19.3 Å². The molecule has 0 heterocycles. The summed E-state index contributed by atoms with van der Waals surface area (Å²) in [7, 11) is -1.35. The maximum Gasteiger partial charge on any atom is 0.304 e. The van der Waals surface area contributed by atoms with E-state index in [0.717, 1.165) is 12.8 Å². The lowest BCUT2D eigenvalue weighted by Gasteiger charge is -2.02. The molecule has 0 saturated heterocycles. The van der Waals surface area contributed by atoms with Crippen LogP contribution >= 0.6 is 0 Å². The molecule has 1 rings (SSSR count). The van der Waals surface area contributed by atoms with Crippen LogP contribution in [-0.2, 0) is 20.4 Å². The van der Waals surface area contributed by atoms with Crippen molar-refractivity contribution in [3.63, 3.8) is 0 Å². The van der Waals surface area contributed by atoms with E-state index in [-0.39, 0.29) is 29.9 Å². The number of aliphatic carboxylic acids is 1. The van der Waals surface area contributed by atoms with Crippen molar-refractivity contribution in [3.05, 3.63) is 0 Å². The van der Waals surface area contributed by atoms with E-state index in [0.29, 0.717) is 0 Å². The second-order valence-electron chi connectivity index (χ2n) is 3.27. The number of rotatable bonds is 6. The highest BCUT2D eigenvalue weighted by atomic mass is 32.2. The average molecular weight is 219 g/mol. The van der Waals surface area contributed by atoms with Crippen LogP contribution in [0.15, 0.2) is 0 Å². The van der Waals surface area contributed by atoms with Gasteiger partial charge in [-0.25, -0.2) is 0 Å². The Bertz CT molecular complexity index is 262. The monoisotopic (exact) mass is 219 g/mol. The van der Waals surface area contributed by atoms with Crippen LogP contribution in [0.2, 0.25) is 0 Å². The molecule has 0 bridgehead atoms. The van der Waals surface area contributed by atoms with E-state index in [1.54, 1.807) is 0 Å². The summed E-state index contributed by atoms with van der Waals surface area (Å²) in [6.07, 6.45) is 1.84. The molecule has 0 spiro atoms. The Labute approximate surface area is 84.3 Å². The third-order valence-electron chi connectivity index (χ3n) is 1.78. The first-order valence-electron chi connectivity index (χ1n) is 4.44. The predicted octanol–water partition coefficient (Wildman–Crippen LogP) is -0.512. The van der Waals surface area contributed by atoms with Gasteiger partial charge >= 0.3 is 5.97 Å². The van der Waals surface area contributed by atoms with Crippen LogP contribution in [0.5, 0.6) is 0 Å². The van der Waals surface area contributed by atoms with Gasteiger partial charge in [0.25, 0.3) is 0 Å². The second kappa shape index (κ2) is 5.09. The Balaban J connectivity index is 2.11. The molecule has 5 nitrogen and oxygen atoms in total. The fraction of sp³-hybridized carbons (Fsp3) is 0.750. The van der Waals surface area contributed by atoms with Gasteiger partial charge < -0.3 is 10.4 Å². The van der Waals surface area contributed by atoms with Crippen molar-refractivity contribution in [2.24, 2.45) is 0 Å². The zero-order valence-corrected chi connectivity index (χ0v) is 8.51. The topological polar surface area (TPSA) is 83.5 Å². The Hall–Kier alpha value is -0.910. The van der Waals surface area contributed by atoms with Gasteiger partial charge in [-0.1, -0.05) is 0 Å². The highest BCUT2D eigenvalue weighted by molar-refractivity contribution is 7.85. The fourth-order valence-corrected chi connectivity index (χ4v) is 1.84. The van der Waals surface area contributed by atoms with Gasteiger partial charge in [0, 0.05) is 22.6 Å². The number of carboxylic acid groups (broad SMARTS) is 1. The predicted molar refractivity (Wildman–Crippen MR) is 51.3 cm³/mol. The van der Waals surface area contributed by atoms with Gasteiger partial charge in [0.05, 0.1) is 6.42 Å². The number of carbonyl (C=O) groups excluding carboxylic acids is 1. The normalized spacial score (nSPS) is 17.4. The minimum absolute atomic E-state index is 0.0490. The molecule has 0 aromatic heterocycles. The molecule has 1 aliphatic rings. The molecule has 14 heavy (non-hydrogen) atoms. The minimum Gasteiger partial charge on any atom is -0.481 e. The molecule has 1 unspecified atom stereocenters. The SMILES string of the molecule is O=C(O)CCS(=O)CC(=O)NC1CC1. The van der Waals surface area contributed by atoms with Gasteiger partial charge in [0.15, 0.2) is 0 Å². The van der Waals surface area contributed by atoms with Crippen LogP contribution in [0.4, 0.5) is 0 Å². The van der Waals surface area contributed by atoms with Crippen LogP contribution in [0, 0.1) is 0 Å². The Morgan fingerprint density at radius 1 is 1.43 bits per heavy atom. The molecule has 0 aliphatic heterocycles. The number of amides is 1. The zero-order chi connectivity index (χ0) is 10.6. The van der Waals surface area contributed by atoms with Gasteiger partial charge in [0.2, 0.25) is 5.91 Å². The van der Waals surface area contributed by atoms with Crippen LogP contribution < -0.4 is 5.32 Å². The van der Waals surface area contributed by atoms with Gasteiger partial charge in [0.1, 0.15) is 5.75 Å². The average Bonchev–Trinajstić information content (AvgIpc) is 2.84. The first-order chi connectivity index (χ1) is 6.58. The number of hydrogen-bond acceptors (Lipinski definition) is 3. The summed E-state index contributed by atoms with van der Waals surface area (Å²) in [6, 6.07) is 0.263. The van der Waals surface area contributed by atoms with Gasteiger partial charge in [-0.2, -0.15) is 0 Å². The van der Waals surface area contributed by atoms with E-state index in [1.165, 1.54) is 0 Å². The summed E-state index contributed by atoms with van der Waals surface area (Å²) in [4.78, 5) is 21.2. The Morgan fingerprint density at radius 3 is 2.57 bits per heavy atom. The maximum atomic E-state index is 11.1. The van der Waals surface area contributed by atoms with E-state index in [4.69, 9.17) is 5.11 Å². The minimum atomic E-state index is -1.35. The van der Waals surface area contributed by atoms with Gasteiger partial charge in [-0.05, 0) is 12.8 Å². The number of nitrogens with one attached hydrogen (secondary N) is 1. The summed E-state index contributed by atoms with van der Waals surface area (Å²) in [5, 5.41) is 11.0. The Kier molecular flexibility index (Phi) is 4.06. The van der Waals surface area contributed by atoms with Crippen molar-refractivity contribution < 1.29 is 18.9 Å². The fourth-order valence-electron chi connectivity index (χ4n) is 0.917. The van der Waals surface area contributed by atoms with Crippen molar-refractivity contribution in [2.75, 3.05) is 11.5 Å². The first-order valence-corrected chi connectivity index (χ1v) is 5.93. The van der Waals surface area contributed by atoms with Gasteiger partial charge in [-0.15, -0.1) is 0 Å². The van der Waals surface area contributed by atoms with Gasteiger partial charge in [-0.3, -0.25) is 13.8 Å². The maximum absolute atomic E-state index is 11.1. The van der Waals surface area contributed by atoms with E-state index in [2.05, 4.69) is 5.32 Å². The number of carbonyl (C=O) groups is 2. The second-order valence-corrected chi connectivity index (χ2v) is 4.85. The summed E-state index contributed by atoms with van der Waals surface area (Å²) in [5.74, 6) is -1.26. The molecule has 0 aromatic carbocycles. The molecular formula is C8H13NO4S. The lowest BCUT2D eigenvalue weighted by molar-refractivity contribution is -0.136. The van der Waals surface area contributed by atoms with E-state index in [9.17, 15) is 13.8 Å². The van der Waals surface area contributed by atoms with Crippen molar-refractivity contribution >= 4 is 22.7 Å². The molecule has 1 atom stereocenters. The molecule has 1 fully saturated rings. The van der Waals surface area contributed by atoms with Crippen molar-refractivity contribution in [3.8, 4) is 0 Å². The standard InChI is InChI=1S/C8H13NO4S/c10-7(9-6-1-2-6)5-14(13)4-3-8(11)12/h6H,1-5H2,(H,9,10)(H,11,12). The first kappa shape index (κ1) is 11.2. The Morgan fingerprint density at radius 2 is 2.07 bits per heavy atom. The highest BCUT2D eigenvalue weighted by Crippen LogP contribution is 2.18. The molecule has 1 aliphatic carbocycles. The quantitative estimate of drug-likeness (QED) is 0.630. The number of hydrogen-bond donors (Lipinski definition) is 2. The molecule has 2 N–H and O–H groups in total. The van der Waals surface area contributed by atoms with Crippen molar-refractivity contribution in [1.82, 2.24) is 5.32 Å². The molecule has 80 valence electrons. The molecule has 6 heteroatoms. The third kappa shape index (κ3) is 4.96. The summed E-state index contributed by atoms with van der Waals surface area (Å²) < 4.78 is 11.1. The smallest absolute Gasteiger partial charge is 0.304 e.